The second kappa shape index (κ2) is 5.81. The first kappa shape index (κ1) is 13.7. The molecule has 0 radical (unpaired) electrons. The SMILES string of the molecule is C[C@H](CC(=O)O)C(=O)Nc1ccccc1C(=O)O. The van der Waals surface area contributed by atoms with E-state index in [9.17, 15) is 14.4 Å². The monoisotopic (exact) mass is 251 g/mol. The van der Waals surface area contributed by atoms with Gasteiger partial charge in [-0.25, -0.2) is 4.79 Å². The molecule has 6 heteroatoms. The van der Waals surface area contributed by atoms with Gasteiger partial charge in [0.25, 0.3) is 0 Å². The number of carboxylic acids is 2. The molecular formula is C12H13NO5. The van der Waals surface area contributed by atoms with Gasteiger partial charge in [0.1, 0.15) is 0 Å². The van der Waals surface area contributed by atoms with Crippen LogP contribution in [0.15, 0.2) is 24.3 Å². The number of hydrogen-bond acceptors (Lipinski definition) is 3. The molecule has 1 amide bonds. The first-order valence-electron chi connectivity index (χ1n) is 5.26. The minimum absolute atomic E-state index is 0.0339. The summed E-state index contributed by atoms with van der Waals surface area (Å²) in [5, 5.41) is 19.9. The van der Waals surface area contributed by atoms with Crippen molar-refractivity contribution in [3.63, 3.8) is 0 Å². The summed E-state index contributed by atoms with van der Waals surface area (Å²) in [6.45, 7) is 1.47. The minimum atomic E-state index is -1.16. The molecule has 0 bridgehead atoms. The number of nitrogens with one attached hydrogen (secondary N) is 1. The Bertz CT molecular complexity index is 483. The molecule has 0 saturated carbocycles. The predicted octanol–water partition coefficient (Wildman–Crippen LogP) is 1.43. The van der Waals surface area contributed by atoms with Crippen LogP contribution in [0.25, 0.3) is 0 Å². The lowest BCUT2D eigenvalue weighted by Crippen LogP contribution is -2.23. The lowest BCUT2D eigenvalue weighted by Gasteiger charge is -2.11. The summed E-state index contributed by atoms with van der Waals surface area (Å²) in [5.41, 5.74) is 0.126. The lowest BCUT2D eigenvalue weighted by molar-refractivity contribution is -0.139. The Kier molecular flexibility index (Phi) is 4.42. The van der Waals surface area contributed by atoms with Crippen molar-refractivity contribution < 1.29 is 24.6 Å². The van der Waals surface area contributed by atoms with Crippen molar-refractivity contribution in [1.82, 2.24) is 0 Å². The Hall–Kier alpha value is -2.37. The van der Waals surface area contributed by atoms with Crippen molar-refractivity contribution in [1.29, 1.82) is 0 Å². The van der Waals surface area contributed by atoms with Crippen LogP contribution in [0, 0.1) is 5.92 Å². The zero-order valence-electron chi connectivity index (χ0n) is 9.71. The maximum Gasteiger partial charge on any atom is 0.337 e. The van der Waals surface area contributed by atoms with Gasteiger partial charge in [-0.05, 0) is 12.1 Å². The average Bonchev–Trinajstić information content (AvgIpc) is 2.28. The number of rotatable bonds is 5. The molecule has 0 aliphatic rings. The van der Waals surface area contributed by atoms with Gasteiger partial charge in [-0.15, -0.1) is 0 Å². The molecule has 96 valence electrons. The largest absolute Gasteiger partial charge is 0.481 e. The van der Waals surface area contributed by atoms with Crippen molar-refractivity contribution in [2.75, 3.05) is 5.32 Å². The molecule has 3 N–H and O–H groups in total. The molecule has 0 heterocycles. The van der Waals surface area contributed by atoms with Gasteiger partial charge in [0.05, 0.1) is 17.7 Å². The molecule has 1 rings (SSSR count). The molecule has 1 atom stereocenters. The summed E-state index contributed by atoms with van der Waals surface area (Å²) in [7, 11) is 0. The Labute approximate surface area is 103 Å². The topological polar surface area (TPSA) is 104 Å². The molecule has 6 nitrogen and oxygen atoms in total. The molecule has 0 aromatic heterocycles. The molecule has 0 fully saturated rings. The maximum atomic E-state index is 11.7. The highest BCUT2D eigenvalue weighted by atomic mass is 16.4. The molecule has 0 spiro atoms. The van der Waals surface area contributed by atoms with Crippen molar-refractivity contribution in [2.24, 2.45) is 5.92 Å². The first-order valence-corrected chi connectivity index (χ1v) is 5.26. The number of carbonyl (C=O) groups excluding carboxylic acids is 1. The first-order chi connectivity index (χ1) is 8.41. The summed E-state index contributed by atoms with van der Waals surface area (Å²) in [5.74, 6) is -3.49. The lowest BCUT2D eigenvalue weighted by atomic mass is 10.1. The Balaban J connectivity index is 2.82. The van der Waals surface area contributed by atoms with Crippen molar-refractivity contribution in [3.8, 4) is 0 Å². The molecule has 1 aromatic carbocycles. The highest BCUT2D eigenvalue weighted by Gasteiger charge is 2.18. The van der Waals surface area contributed by atoms with E-state index >= 15 is 0 Å². The van der Waals surface area contributed by atoms with Crippen LogP contribution in [0.2, 0.25) is 0 Å². The number of hydrogen-bond donors (Lipinski definition) is 3. The molecule has 1 aromatic rings. The van der Waals surface area contributed by atoms with Gasteiger partial charge in [0.2, 0.25) is 5.91 Å². The van der Waals surface area contributed by atoms with Crippen molar-refractivity contribution in [2.45, 2.75) is 13.3 Å². The Morgan fingerprint density at radius 1 is 1.22 bits per heavy atom. The number of carbonyl (C=O) groups is 3. The molecular weight excluding hydrogens is 238 g/mol. The minimum Gasteiger partial charge on any atom is -0.481 e. The number of aliphatic carboxylic acids is 1. The van der Waals surface area contributed by atoms with Crippen molar-refractivity contribution in [3.05, 3.63) is 29.8 Å². The third kappa shape index (κ3) is 3.58. The summed E-state index contributed by atoms with van der Waals surface area (Å²) in [6.07, 6.45) is -0.304. The van der Waals surface area contributed by atoms with Crippen LogP contribution in [0.3, 0.4) is 0 Å². The zero-order chi connectivity index (χ0) is 13.7. The van der Waals surface area contributed by atoms with Gasteiger partial charge >= 0.3 is 11.9 Å². The van der Waals surface area contributed by atoms with Gasteiger partial charge in [0, 0.05) is 5.92 Å². The summed E-state index contributed by atoms with van der Waals surface area (Å²) in [6, 6.07) is 5.94. The molecule has 0 saturated heterocycles. The fourth-order valence-corrected chi connectivity index (χ4v) is 1.39. The average molecular weight is 251 g/mol. The van der Waals surface area contributed by atoms with Gasteiger partial charge in [-0.1, -0.05) is 19.1 Å². The zero-order valence-corrected chi connectivity index (χ0v) is 9.71. The van der Waals surface area contributed by atoms with Gasteiger partial charge < -0.3 is 15.5 Å². The second-order valence-electron chi connectivity index (χ2n) is 3.84. The van der Waals surface area contributed by atoms with E-state index < -0.39 is 23.8 Å². The summed E-state index contributed by atoms with van der Waals surface area (Å²) in [4.78, 5) is 33.0. The van der Waals surface area contributed by atoms with Crippen LogP contribution in [-0.2, 0) is 9.59 Å². The molecule has 0 unspecified atom stereocenters. The molecule has 18 heavy (non-hydrogen) atoms. The number of aromatic carboxylic acids is 1. The molecule has 0 aliphatic carbocycles. The van der Waals surface area contributed by atoms with E-state index in [-0.39, 0.29) is 17.7 Å². The van der Waals surface area contributed by atoms with E-state index in [0.29, 0.717) is 0 Å². The Morgan fingerprint density at radius 2 is 1.83 bits per heavy atom. The summed E-state index contributed by atoms with van der Waals surface area (Å²) >= 11 is 0. The normalized spacial score (nSPS) is 11.6. The number of carboxylic acid groups (broad SMARTS) is 2. The fraction of sp³-hybridized carbons (Fsp3) is 0.250. The van der Waals surface area contributed by atoms with Crippen LogP contribution >= 0.6 is 0 Å². The van der Waals surface area contributed by atoms with Crippen LogP contribution in [0.4, 0.5) is 5.69 Å². The number of para-hydroxylation sites is 1. The van der Waals surface area contributed by atoms with E-state index in [4.69, 9.17) is 10.2 Å². The third-order valence-electron chi connectivity index (χ3n) is 2.34. The van der Waals surface area contributed by atoms with Crippen LogP contribution in [0.5, 0.6) is 0 Å². The highest BCUT2D eigenvalue weighted by molar-refractivity contribution is 6.01. The fourth-order valence-electron chi connectivity index (χ4n) is 1.39. The standard InChI is InChI=1S/C12H13NO5/c1-7(6-10(14)15)11(16)13-9-5-3-2-4-8(9)12(17)18/h2-5,7H,6H2,1H3,(H,13,16)(H,14,15)(H,17,18)/t7-/m1/s1. The van der Waals surface area contributed by atoms with E-state index in [1.165, 1.54) is 19.1 Å². The third-order valence-corrected chi connectivity index (χ3v) is 2.34. The number of benzene rings is 1. The second-order valence-corrected chi connectivity index (χ2v) is 3.84. The van der Waals surface area contributed by atoms with E-state index in [1.54, 1.807) is 12.1 Å². The number of anilines is 1. The smallest absolute Gasteiger partial charge is 0.337 e. The van der Waals surface area contributed by atoms with E-state index in [2.05, 4.69) is 5.32 Å². The van der Waals surface area contributed by atoms with Crippen LogP contribution in [0.1, 0.15) is 23.7 Å². The summed E-state index contributed by atoms with van der Waals surface area (Å²) < 4.78 is 0. The van der Waals surface area contributed by atoms with Gasteiger partial charge in [-0.3, -0.25) is 9.59 Å². The van der Waals surface area contributed by atoms with Gasteiger partial charge in [0.15, 0.2) is 0 Å². The van der Waals surface area contributed by atoms with E-state index in [1.807, 2.05) is 0 Å². The van der Waals surface area contributed by atoms with E-state index in [0.717, 1.165) is 0 Å². The molecule has 0 aliphatic heterocycles. The van der Waals surface area contributed by atoms with Gasteiger partial charge in [-0.2, -0.15) is 0 Å². The highest BCUT2D eigenvalue weighted by Crippen LogP contribution is 2.16. The van der Waals surface area contributed by atoms with Crippen LogP contribution in [-0.4, -0.2) is 28.1 Å². The van der Waals surface area contributed by atoms with Crippen molar-refractivity contribution >= 4 is 23.5 Å². The number of amides is 1. The maximum absolute atomic E-state index is 11.7. The predicted molar refractivity (Wildman–Crippen MR) is 63.4 cm³/mol. The van der Waals surface area contributed by atoms with Crippen LogP contribution < -0.4 is 5.32 Å². The Morgan fingerprint density at radius 3 is 2.39 bits per heavy atom. The quantitative estimate of drug-likeness (QED) is 0.734.